The maximum absolute atomic E-state index is 4.46. The van der Waals surface area contributed by atoms with Gasteiger partial charge in [0.15, 0.2) is 5.16 Å². The number of rotatable bonds is 9. The molecule has 0 radical (unpaired) electrons. The van der Waals surface area contributed by atoms with Gasteiger partial charge in [0.2, 0.25) is 0 Å². The van der Waals surface area contributed by atoms with Crippen LogP contribution in [0.2, 0.25) is 0 Å². The van der Waals surface area contributed by atoms with Crippen LogP contribution in [0.4, 0.5) is 0 Å². The summed E-state index contributed by atoms with van der Waals surface area (Å²) in [5, 5.41) is 13.4. The van der Waals surface area contributed by atoms with E-state index < -0.39 is 0 Å². The average Bonchev–Trinajstić information content (AvgIpc) is 3.37. The van der Waals surface area contributed by atoms with E-state index in [-0.39, 0.29) is 0 Å². The Morgan fingerprint density at radius 2 is 2.05 bits per heavy atom. The number of unbranched alkanes of at least 4 members (excludes halogenated alkanes) is 1. The SMILES string of the molecule is CNC(C)CCCCSc1nnc(C2CC2)n1C1CC1. The Kier molecular flexibility index (Phi) is 4.66. The van der Waals surface area contributed by atoms with Gasteiger partial charge >= 0.3 is 0 Å². The molecule has 2 aliphatic rings. The zero-order valence-corrected chi connectivity index (χ0v) is 13.5. The highest BCUT2D eigenvalue weighted by Crippen LogP contribution is 2.46. The lowest BCUT2D eigenvalue weighted by molar-refractivity contribution is 0.538. The molecule has 0 bridgehead atoms. The van der Waals surface area contributed by atoms with Gasteiger partial charge in [0.05, 0.1) is 0 Å². The molecule has 0 aliphatic heterocycles. The van der Waals surface area contributed by atoms with Crippen molar-refractivity contribution in [3.05, 3.63) is 5.82 Å². The first-order valence-corrected chi connectivity index (χ1v) is 9.03. The Hall–Kier alpha value is -0.550. The van der Waals surface area contributed by atoms with E-state index in [1.54, 1.807) is 0 Å². The van der Waals surface area contributed by atoms with E-state index in [4.69, 9.17) is 0 Å². The predicted molar refractivity (Wildman–Crippen MR) is 83.4 cm³/mol. The second-order valence-electron chi connectivity index (χ2n) is 6.25. The molecule has 2 saturated carbocycles. The Balaban J connectivity index is 1.48. The summed E-state index contributed by atoms with van der Waals surface area (Å²) in [5.41, 5.74) is 0. The molecule has 1 unspecified atom stereocenters. The fraction of sp³-hybridized carbons (Fsp3) is 0.867. The summed E-state index contributed by atoms with van der Waals surface area (Å²) in [5.74, 6) is 3.17. The number of hydrogen-bond acceptors (Lipinski definition) is 4. The predicted octanol–water partition coefficient (Wildman–Crippen LogP) is 3.36. The van der Waals surface area contributed by atoms with Gasteiger partial charge in [-0.15, -0.1) is 10.2 Å². The minimum absolute atomic E-state index is 0.636. The maximum atomic E-state index is 4.46. The molecule has 3 rings (SSSR count). The minimum Gasteiger partial charge on any atom is -0.317 e. The summed E-state index contributed by atoms with van der Waals surface area (Å²) < 4.78 is 2.46. The molecule has 20 heavy (non-hydrogen) atoms. The van der Waals surface area contributed by atoms with Crippen LogP contribution in [0.3, 0.4) is 0 Å². The molecule has 1 N–H and O–H groups in total. The van der Waals surface area contributed by atoms with Crippen LogP contribution in [0.25, 0.3) is 0 Å². The molecule has 1 atom stereocenters. The van der Waals surface area contributed by atoms with Crippen LogP contribution in [0.15, 0.2) is 5.16 Å². The van der Waals surface area contributed by atoms with Crippen molar-refractivity contribution in [2.75, 3.05) is 12.8 Å². The van der Waals surface area contributed by atoms with Crippen molar-refractivity contribution in [1.82, 2.24) is 20.1 Å². The van der Waals surface area contributed by atoms with Gasteiger partial charge in [-0.1, -0.05) is 18.2 Å². The van der Waals surface area contributed by atoms with E-state index >= 15 is 0 Å². The molecule has 2 fully saturated rings. The Morgan fingerprint density at radius 3 is 2.70 bits per heavy atom. The smallest absolute Gasteiger partial charge is 0.191 e. The first-order chi connectivity index (χ1) is 9.79. The molecule has 0 amide bonds. The third-order valence-corrected chi connectivity index (χ3v) is 5.33. The third-order valence-electron chi connectivity index (χ3n) is 4.30. The van der Waals surface area contributed by atoms with Gasteiger partial charge in [0, 0.05) is 23.8 Å². The largest absolute Gasteiger partial charge is 0.317 e. The van der Waals surface area contributed by atoms with Gasteiger partial charge in [-0.2, -0.15) is 0 Å². The zero-order chi connectivity index (χ0) is 13.9. The topological polar surface area (TPSA) is 42.7 Å². The number of nitrogens with one attached hydrogen (secondary N) is 1. The standard InChI is InChI=1S/C15H26N4S/c1-11(16-2)5-3-4-10-20-15-18-17-14(12-6-7-12)19(15)13-8-9-13/h11-13,16H,3-10H2,1-2H3. The third kappa shape index (κ3) is 3.55. The molecular weight excluding hydrogens is 268 g/mol. The molecule has 0 aromatic carbocycles. The normalized spacial score (nSPS) is 20.3. The summed E-state index contributed by atoms with van der Waals surface area (Å²) in [4.78, 5) is 0. The number of aromatic nitrogens is 3. The van der Waals surface area contributed by atoms with E-state index in [1.165, 1.54) is 61.7 Å². The molecule has 0 saturated heterocycles. The van der Waals surface area contributed by atoms with Crippen LogP contribution in [0.1, 0.15) is 69.7 Å². The average molecular weight is 294 g/mol. The molecule has 112 valence electrons. The molecule has 1 aromatic rings. The number of hydrogen-bond donors (Lipinski definition) is 1. The molecule has 0 spiro atoms. The summed E-state index contributed by atoms with van der Waals surface area (Å²) in [7, 11) is 2.04. The molecule has 4 nitrogen and oxygen atoms in total. The van der Waals surface area contributed by atoms with Gasteiger partial charge in [-0.25, -0.2) is 0 Å². The lowest BCUT2D eigenvalue weighted by Gasteiger charge is -2.10. The second kappa shape index (κ2) is 6.48. The maximum Gasteiger partial charge on any atom is 0.191 e. The highest BCUT2D eigenvalue weighted by atomic mass is 32.2. The number of nitrogens with zero attached hydrogens (tertiary/aromatic N) is 3. The first-order valence-electron chi connectivity index (χ1n) is 8.04. The second-order valence-corrected chi connectivity index (χ2v) is 7.31. The van der Waals surface area contributed by atoms with Crippen LogP contribution in [-0.2, 0) is 0 Å². The van der Waals surface area contributed by atoms with Crippen molar-refractivity contribution < 1.29 is 0 Å². The fourth-order valence-corrected chi connectivity index (χ4v) is 3.55. The molecule has 5 heteroatoms. The first kappa shape index (κ1) is 14.4. The molecule has 1 heterocycles. The van der Waals surface area contributed by atoms with E-state index in [0.29, 0.717) is 18.0 Å². The van der Waals surface area contributed by atoms with Crippen molar-refractivity contribution in [2.24, 2.45) is 0 Å². The van der Waals surface area contributed by atoms with Crippen LogP contribution in [0, 0.1) is 0 Å². The van der Waals surface area contributed by atoms with Crippen LogP contribution in [0.5, 0.6) is 0 Å². The summed E-state index contributed by atoms with van der Waals surface area (Å²) in [6, 6.07) is 1.35. The van der Waals surface area contributed by atoms with Gasteiger partial charge < -0.3 is 9.88 Å². The fourth-order valence-electron chi connectivity index (χ4n) is 2.54. The monoisotopic (exact) mass is 294 g/mol. The van der Waals surface area contributed by atoms with E-state index in [9.17, 15) is 0 Å². The zero-order valence-electron chi connectivity index (χ0n) is 12.6. The van der Waals surface area contributed by atoms with Gasteiger partial charge in [0.1, 0.15) is 5.82 Å². The highest BCUT2D eigenvalue weighted by Gasteiger charge is 2.36. The van der Waals surface area contributed by atoms with Gasteiger partial charge in [-0.05, 0) is 52.5 Å². The van der Waals surface area contributed by atoms with E-state index in [2.05, 4.69) is 27.0 Å². The Bertz CT molecular complexity index is 437. The summed E-state index contributed by atoms with van der Waals surface area (Å²) in [6.07, 6.45) is 9.11. The van der Waals surface area contributed by atoms with Crippen LogP contribution < -0.4 is 5.32 Å². The van der Waals surface area contributed by atoms with Gasteiger partial charge in [0.25, 0.3) is 0 Å². The van der Waals surface area contributed by atoms with E-state index in [0.717, 1.165) is 0 Å². The van der Waals surface area contributed by atoms with Gasteiger partial charge in [-0.3, -0.25) is 0 Å². The molecule has 2 aliphatic carbocycles. The summed E-state index contributed by atoms with van der Waals surface area (Å²) in [6.45, 7) is 2.25. The van der Waals surface area contributed by atoms with Crippen molar-refractivity contribution >= 4 is 11.8 Å². The van der Waals surface area contributed by atoms with Crippen molar-refractivity contribution in [3.63, 3.8) is 0 Å². The Labute approximate surface area is 126 Å². The minimum atomic E-state index is 0.636. The number of thioether (sulfide) groups is 1. The highest BCUT2D eigenvalue weighted by molar-refractivity contribution is 7.99. The van der Waals surface area contributed by atoms with E-state index in [1.807, 2.05) is 18.8 Å². The van der Waals surface area contributed by atoms with Crippen LogP contribution in [-0.4, -0.2) is 33.6 Å². The molecule has 1 aromatic heterocycles. The van der Waals surface area contributed by atoms with Crippen molar-refractivity contribution in [3.8, 4) is 0 Å². The Morgan fingerprint density at radius 1 is 1.25 bits per heavy atom. The molecular formula is C15H26N4S. The van der Waals surface area contributed by atoms with Crippen molar-refractivity contribution in [2.45, 2.75) is 75.0 Å². The quantitative estimate of drug-likeness (QED) is 0.560. The van der Waals surface area contributed by atoms with Crippen LogP contribution >= 0.6 is 11.8 Å². The summed E-state index contributed by atoms with van der Waals surface area (Å²) >= 11 is 1.91. The lowest BCUT2D eigenvalue weighted by Crippen LogP contribution is -2.20. The van der Waals surface area contributed by atoms with Crippen molar-refractivity contribution in [1.29, 1.82) is 0 Å². The lowest BCUT2D eigenvalue weighted by atomic mass is 10.1.